The molecule has 24 heavy (non-hydrogen) atoms. The van der Waals surface area contributed by atoms with Crippen molar-refractivity contribution in [3.05, 3.63) is 29.5 Å². The predicted molar refractivity (Wildman–Crippen MR) is 93.3 cm³/mol. The van der Waals surface area contributed by atoms with Crippen LogP contribution in [0.5, 0.6) is 5.75 Å². The van der Waals surface area contributed by atoms with E-state index < -0.39 is 15.7 Å². The summed E-state index contributed by atoms with van der Waals surface area (Å²) in [6.07, 6.45) is 0. The van der Waals surface area contributed by atoms with E-state index in [1.54, 1.807) is 26.2 Å². The summed E-state index contributed by atoms with van der Waals surface area (Å²) in [7, 11) is -1.61. The average Bonchev–Trinajstić information content (AvgIpc) is 2.82. The van der Waals surface area contributed by atoms with E-state index >= 15 is 0 Å². The highest BCUT2D eigenvalue weighted by atomic mass is 32.2. The number of aryl methyl sites for hydroxylation is 1. The molecule has 0 spiro atoms. The second-order valence-electron chi connectivity index (χ2n) is 6.18. The van der Waals surface area contributed by atoms with Gasteiger partial charge in [0, 0.05) is 23.6 Å². The third kappa shape index (κ3) is 4.29. The molecule has 132 valence electrons. The highest BCUT2D eigenvalue weighted by molar-refractivity contribution is 7.91. The molecule has 0 aliphatic carbocycles. The van der Waals surface area contributed by atoms with Gasteiger partial charge in [0.2, 0.25) is 0 Å². The molecule has 1 N–H and O–H groups in total. The van der Waals surface area contributed by atoms with Gasteiger partial charge in [-0.15, -0.1) is 0 Å². The summed E-state index contributed by atoms with van der Waals surface area (Å²) in [6, 6.07) is 5.34. The maximum absolute atomic E-state index is 12.3. The fourth-order valence-electron chi connectivity index (χ4n) is 2.54. The van der Waals surface area contributed by atoms with Crippen molar-refractivity contribution < 1.29 is 22.4 Å². The molecule has 0 atom stereocenters. The summed E-state index contributed by atoms with van der Waals surface area (Å²) >= 11 is 0. The van der Waals surface area contributed by atoms with Crippen LogP contribution in [0.25, 0.3) is 11.0 Å². The molecule has 6 nitrogen and oxygen atoms in total. The minimum atomic E-state index is -3.16. The van der Waals surface area contributed by atoms with Crippen molar-refractivity contribution in [3.63, 3.8) is 0 Å². The zero-order valence-corrected chi connectivity index (χ0v) is 15.2. The first-order chi connectivity index (χ1) is 11.2. The Hall–Kier alpha value is -2.02. The van der Waals surface area contributed by atoms with E-state index in [0.29, 0.717) is 11.3 Å². The molecule has 0 aliphatic heterocycles. The van der Waals surface area contributed by atoms with Crippen molar-refractivity contribution in [2.24, 2.45) is 5.92 Å². The van der Waals surface area contributed by atoms with E-state index in [1.807, 2.05) is 19.9 Å². The van der Waals surface area contributed by atoms with E-state index in [9.17, 15) is 13.2 Å². The topological polar surface area (TPSA) is 85.6 Å². The minimum Gasteiger partial charge on any atom is -0.497 e. The van der Waals surface area contributed by atoms with Crippen molar-refractivity contribution in [1.29, 1.82) is 0 Å². The number of hydrogen-bond acceptors (Lipinski definition) is 5. The molecule has 0 radical (unpaired) electrons. The van der Waals surface area contributed by atoms with Crippen LogP contribution in [0.3, 0.4) is 0 Å². The van der Waals surface area contributed by atoms with Gasteiger partial charge < -0.3 is 14.5 Å². The summed E-state index contributed by atoms with van der Waals surface area (Å²) in [5, 5.41) is 3.44. The molecule has 2 rings (SSSR count). The van der Waals surface area contributed by atoms with Crippen LogP contribution in [0.15, 0.2) is 22.6 Å². The second-order valence-corrected chi connectivity index (χ2v) is 8.41. The molecule has 1 heterocycles. The number of rotatable bonds is 7. The number of carbonyl (C=O) groups excluding carboxylic acids is 1. The average molecular weight is 353 g/mol. The van der Waals surface area contributed by atoms with Gasteiger partial charge in [0.05, 0.1) is 18.6 Å². The highest BCUT2D eigenvalue weighted by Gasteiger charge is 2.19. The van der Waals surface area contributed by atoms with Crippen LogP contribution in [-0.4, -0.2) is 39.5 Å². The summed E-state index contributed by atoms with van der Waals surface area (Å²) in [6.45, 7) is 5.56. The Morgan fingerprint density at radius 3 is 2.67 bits per heavy atom. The Morgan fingerprint density at radius 1 is 1.33 bits per heavy atom. The monoisotopic (exact) mass is 353 g/mol. The quantitative estimate of drug-likeness (QED) is 0.827. The molecule has 0 saturated carbocycles. The number of hydrogen-bond donors (Lipinski definition) is 1. The number of furan rings is 1. The smallest absolute Gasteiger partial charge is 0.287 e. The predicted octanol–water partition coefficient (Wildman–Crippen LogP) is 2.55. The number of benzene rings is 1. The fourth-order valence-corrected chi connectivity index (χ4v) is 4.14. The standard InChI is InChI=1S/C17H23NO5S/c1-11(2)10-24(20,21)8-7-18-17(19)16-12(3)14-6-5-13(22-4)9-15(14)23-16/h5-6,9,11H,7-8,10H2,1-4H3,(H,18,19). The van der Waals surface area contributed by atoms with Gasteiger partial charge in [0.1, 0.15) is 11.3 Å². The molecule has 0 aliphatic rings. The van der Waals surface area contributed by atoms with Gasteiger partial charge in [0.15, 0.2) is 15.6 Å². The number of fused-ring (bicyclic) bond motifs is 1. The molecular weight excluding hydrogens is 330 g/mol. The molecule has 7 heteroatoms. The van der Waals surface area contributed by atoms with E-state index in [0.717, 1.165) is 10.9 Å². The van der Waals surface area contributed by atoms with Crippen LogP contribution in [0.2, 0.25) is 0 Å². The first kappa shape index (κ1) is 18.3. The lowest BCUT2D eigenvalue weighted by Gasteiger charge is -2.07. The third-order valence-corrected chi connectivity index (χ3v) is 5.64. The third-order valence-electron chi connectivity index (χ3n) is 3.64. The zero-order valence-electron chi connectivity index (χ0n) is 14.4. The van der Waals surface area contributed by atoms with Gasteiger partial charge in [-0.25, -0.2) is 8.42 Å². The van der Waals surface area contributed by atoms with E-state index in [2.05, 4.69) is 5.32 Å². The molecule has 0 unspecified atom stereocenters. The second kappa shape index (κ2) is 7.25. The zero-order chi connectivity index (χ0) is 17.9. The van der Waals surface area contributed by atoms with Gasteiger partial charge in [-0.05, 0) is 25.0 Å². The molecule has 0 saturated heterocycles. The van der Waals surface area contributed by atoms with Crippen LogP contribution in [0.1, 0.15) is 30.0 Å². The van der Waals surface area contributed by atoms with Crippen molar-refractivity contribution in [2.45, 2.75) is 20.8 Å². The summed E-state index contributed by atoms with van der Waals surface area (Å²) in [5.41, 5.74) is 1.28. The SMILES string of the molecule is COc1ccc2c(C)c(C(=O)NCCS(=O)(=O)CC(C)C)oc2c1. The first-order valence-corrected chi connectivity index (χ1v) is 9.61. The lowest BCUT2D eigenvalue weighted by Crippen LogP contribution is -2.30. The van der Waals surface area contributed by atoms with E-state index in [4.69, 9.17) is 9.15 Å². The Balaban J connectivity index is 2.07. The number of ether oxygens (including phenoxy) is 1. The number of carbonyl (C=O) groups is 1. The Bertz CT molecular complexity index is 836. The molecule has 1 aromatic heterocycles. The van der Waals surface area contributed by atoms with E-state index in [-0.39, 0.29) is 29.7 Å². The van der Waals surface area contributed by atoms with Crippen LogP contribution < -0.4 is 10.1 Å². The molecular formula is C17H23NO5S. The number of nitrogens with one attached hydrogen (secondary N) is 1. The van der Waals surface area contributed by atoms with Crippen molar-refractivity contribution >= 4 is 26.7 Å². The Morgan fingerprint density at radius 2 is 2.04 bits per heavy atom. The molecule has 2 aromatic rings. The molecule has 1 aromatic carbocycles. The van der Waals surface area contributed by atoms with Crippen LogP contribution in [0, 0.1) is 12.8 Å². The van der Waals surface area contributed by atoms with Gasteiger partial charge in [0.25, 0.3) is 5.91 Å². The van der Waals surface area contributed by atoms with Crippen molar-refractivity contribution in [2.75, 3.05) is 25.2 Å². The highest BCUT2D eigenvalue weighted by Crippen LogP contribution is 2.28. The fraction of sp³-hybridized carbons (Fsp3) is 0.471. The number of amides is 1. The Kier molecular flexibility index (Phi) is 5.54. The summed E-state index contributed by atoms with van der Waals surface area (Å²) in [5.74, 6) is 0.527. The lowest BCUT2D eigenvalue weighted by molar-refractivity contribution is 0.0930. The van der Waals surface area contributed by atoms with E-state index in [1.165, 1.54) is 0 Å². The Labute approximate surface area is 142 Å². The maximum atomic E-state index is 12.3. The molecule has 0 fully saturated rings. The summed E-state index contributed by atoms with van der Waals surface area (Å²) in [4.78, 5) is 12.3. The maximum Gasteiger partial charge on any atom is 0.287 e. The van der Waals surface area contributed by atoms with Crippen molar-refractivity contribution in [1.82, 2.24) is 5.32 Å². The van der Waals surface area contributed by atoms with Crippen LogP contribution >= 0.6 is 0 Å². The van der Waals surface area contributed by atoms with Gasteiger partial charge in [-0.2, -0.15) is 0 Å². The number of sulfone groups is 1. The van der Waals surface area contributed by atoms with Crippen LogP contribution in [-0.2, 0) is 9.84 Å². The molecule has 0 bridgehead atoms. The number of methoxy groups -OCH3 is 1. The van der Waals surface area contributed by atoms with Gasteiger partial charge >= 0.3 is 0 Å². The first-order valence-electron chi connectivity index (χ1n) is 7.79. The molecule has 1 amide bonds. The lowest BCUT2D eigenvalue weighted by atomic mass is 10.1. The minimum absolute atomic E-state index is 0.0632. The van der Waals surface area contributed by atoms with Crippen molar-refractivity contribution in [3.8, 4) is 5.75 Å². The largest absolute Gasteiger partial charge is 0.497 e. The normalized spacial score (nSPS) is 11.9. The van der Waals surface area contributed by atoms with Gasteiger partial charge in [-0.3, -0.25) is 4.79 Å². The van der Waals surface area contributed by atoms with Crippen LogP contribution in [0.4, 0.5) is 0 Å². The van der Waals surface area contributed by atoms with Gasteiger partial charge in [-0.1, -0.05) is 13.8 Å². The summed E-state index contributed by atoms with van der Waals surface area (Å²) < 4.78 is 34.4.